The van der Waals surface area contributed by atoms with Crippen LogP contribution in [0.25, 0.3) is 20.2 Å². The summed E-state index contributed by atoms with van der Waals surface area (Å²) in [6, 6.07) is 8.34. The molecule has 3 aromatic rings. The first kappa shape index (κ1) is 9.81. The minimum Gasteiger partial charge on any atom is -0.481 e. The third kappa shape index (κ3) is 1.60. The molecule has 2 aromatic heterocycles. The molecule has 0 unspecified atom stereocenters. The van der Waals surface area contributed by atoms with Gasteiger partial charge < -0.3 is 5.11 Å². The van der Waals surface area contributed by atoms with Crippen molar-refractivity contribution in [3.8, 4) is 0 Å². The molecule has 80 valence electrons. The number of fused-ring (bicyclic) bond motifs is 2. The van der Waals surface area contributed by atoms with Gasteiger partial charge in [0.25, 0.3) is 0 Å². The van der Waals surface area contributed by atoms with Gasteiger partial charge >= 0.3 is 5.97 Å². The Labute approximate surface area is 99.8 Å². The molecular weight excluding hydrogens is 240 g/mol. The van der Waals surface area contributed by atoms with E-state index in [1.165, 1.54) is 14.8 Å². The highest BCUT2D eigenvalue weighted by Gasteiger charge is 2.07. The van der Waals surface area contributed by atoms with Gasteiger partial charge in [-0.3, -0.25) is 4.79 Å². The Morgan fingerprint density at radius 3 is 2.81 bits per heavy atom. The van der Waals surface area contributed by atoms with Crippen LogP contribution >= 0.6 is 22.7 Å². The summed E-state index contributed by atoms with van der Waals surface area (Å²) in [4.78, 5) is 11.6. The Balaban J connectivity index is 2.19. The highest BCUT2D eigenvalue weighted by atomic mass is 32.1. The Kier molecular flexibility index (Phi) is 2.19. The summed E-state index contributed by atoms with van der Waals surface area (Å²) in [7, 11) is 0. The molecule has 16 heavy (non-hydrogen) atoms. The lowest BCUT2D eigenvalue weighted by Gasteiger charge is -1.89. The van der Waals surface area contributed by atoms with Crippen LogP contribution in [0.5, 0.6) is 0 Å². The van der Waals surface area contributed by atoms with Crippen molar-refractivity contribution in [2.24, 2.45) is 0 Å². The van der Waals surface area contributed by atoms with Crippen molar-refractivity contribution in [1.29, 1.82) is 0 Å². The molecule has 0 atom stereocenters. The van der Waals surface area contributed by atoms with Gasteiger partial charge in [0.05, 0.1) is 6.42 Å². The minimum atomic E-state index is -0.770. The lowest BCUT2D eigenvalue weighted by Crippen LogP contribution is -1.96. The topological polar surface area (TPSA) is 37.3 Å². The number of hydrogen-bond acceptors (Lipinski definition) is 3. The first-order valence-corrected chi connectivity index (χ1v) is 6.53. The SMILES string of the molecule is O=C(O)Cc1cc2cc3sccc3cc2s1. The van der Waals surface area contributed by atoms with Gasteiger partial charge in [-0.1, -0.05) is 0 Å². The Bertz CT molecular complexity index is 631. The molecule has 0 aliphatic heterocycles. The highest BCUT2D eigenvalue weighted by molar-refractivity contribution is 7.20. The summed E-state index contributed by atoms with van der Waals surface area (Å²) < 4.78 is 2.43. The summed E-state index contributed by atoms with van der Waals surface area (Å²) in [6.07, 6.45) is 0.118. The average molecular weight is 248 g/mol. The highest BCUT2D eigenvalue weighted by Crippen LogP contribution is 2.32. The molecule has 0 fully saturated rings. The van der Waals surface area contributed by atoms with Gasteiger partial charge in [0, 0.05) is 14.3 Å². The molecule has 1 aromatic carbocycles. The Morgan fingerprint density at radius 2 is 2.00 bits per heavy atom. The minimum absolute atomic E-state index is 0.118. The standard InChI is InChI=1S/C12H8O2S2/c13-12(14)6-9-3-8-5-10-7(1-2-15-10)4-11(8)16-9/h1-5H,6H2,(H,13,14). The molecule has 3 rings (SSSR count). The molecule has 2 heterocycles. The average Bonchev–Trinajstić information content (AvgIpc) is 2.76. The summed E-state index contributed by atoms with van der Waals surface area (Å²) >= 11 is 3.28. The van der Waals surface area contributed by atoms with Crippen molar-refractivity contribution in [1.82, 2.24) is 0 Å². The predicted molar refractivity (Wildman–Crippen MR) is 68.5 cm³/mol. The zero-order chi connectivity index (χ0) is 11.1. The van der Waals surface area contributed by atoms with Crippen molar-refractivity contribution in [3.05, 3.63) is 34.5 Å². The van der Waals surface area contributed by atoms with Crippen LogP contribution in [0, 0.1) is 0 Å². The van der Waals surface area contributed by atoms with Crippen LogP contribution in [0.15, 0.2) is 29.6 Å². The van der Waals surface area contributed by atoms with E-state index in [0.717, 1.165) is 10.3 Å². The molecule has 0 saturated heterocycles. The maximum Gasteiger partial charge on any atom is 0.308 e. The fourth-order valence-electron chi connectivity index (χ4n) is 1.79. The van der Waals surface area contributed by atoms with E-state index in [-0.39, 0.29) is 6.42 Å². The van der Waals surface area contributed by atoms with Crippen LogP contribution in [0.1, 0.15) is 4.88 Å². The van der Waals surface area contributed by atoms with Crippen LogP contribution in [0.2, 0.25) is 0 Å². The first-order chi connectivity index (χ1) is 7.72. The number of aliphatic carboxylic acids is 1. The van der Waals surface area contributed by atoms with E-state index in [9.17, 15) is 4.79 Å². The number of rotatable bonds is 2. The molecule has 4 heteroatoms. The maximum absolute atomic E-state index is 10.6. The van der Waals surface area contributed by atoms with Crippen LogP contribution in [-0.4, -0.2) is 11.1 Å². The number of benzene rings is 1. The molecule has 1 N–H and O–H groups in total. The second-order valence-corrected chi connectivity index (χ2v) is 5.75. The van der Waals surface area contributed by atoms with Crippen molar-refractivity contribution in [2.75, 3.05) is 0 Å². The molecule has 0 aliphatic carbocycles. The van der Waals surface area contributed by atoms with Gasteiger partial charge in [-0.05, 0) is 40.4 Å². The summed E-state index contributed by atoms with van der Waals surface area (Å²) in [5.74, 6) is -0.770. The number of carboxylic acids is 1. The predicted octanol–water partition coefficient (Wildman–Crippen LogP) is 3.74. The largest absolute Gasteiger partial charge is 0.481 e. The molecule has 0 saturated carbocycles. The van der Waals surface area contributed by atoms with E-state index in [0.29, 0.717) is 0 Å². The lowest BCUT2D eigenvalue weighted by molar-refractivity contribution is -0.136. The molecule has 0 radical (unpaired) electrons. The molecule has 0 bridgehead atoms. The second-order valence-electron chi connectivity index (χ2n) is 3.63. The maximum atomic E-state index is 10.6. The van der Waals surface area contributed by atoms with Crippen LogP contribution in [0.3, 0.4) is 0 Å². The number of hydrogen-bond donors (Lipinski definition) is 1. The van der Waals surface area contributed by atoms with Crippen LogP contribution in [-0.2, 0) is 11.2 Å². The van der Waals surface area contributed by atoms with Crippen LogP contribution < -0.4 is 0 Å². The molecule has 0 aliphatic rings. The molecule has 0 amide bonds. The van der Waals surface area contributed by atoms with Crippen molar-refractivity contribution in [3.63, 3.8) is 0 Å². The normalized spacial score (nSPS) is 11.2. The lowest BCUT2D eigenvalue weighted by atomic mass is 10.2. The van der Waals surface area contributed by atoms with E-state index in [2.05, 4.69) is 23.6 Å². The summed E-state index contributed by atoms with van der Waals surface area (Å²) in [6.45, 7) is 0. The third-order valence-electron chi connectivity index (χ3n) is 2.47. The smallest absolute Gasteiger partial charge is 0.308 e. The van der Waals surface area contributed by atoms with Crippen molar-refractivity contribution < 1.29 is 9.90 Å². The second kappa shape index (κ2) is 3.57. The fraction of sp³-hybridized carbons (Fsp3) is 0.0833. The zero-order valence-electron chi connectivity index (χ0n) is 8.27. The van der Waals surface area contributed by atoms with E-state index in [1.54, 1.807) is 22.7 Å². The van der Waals surface area contributed by atoms with Crippen LogP contribution in [0.4, 0.5) is 0 Å². The summed E-state index contributed by atoms with van der Waals surface area (Å²) in [5.41, 5.74) is 0. The van der Waals surface area contributed by atoms with Gasteiger partial charge in [-0.2, -0.15) is 0 Å². The fourth-order valence-corrected chi connectivity index (χ4v) is 3.69. The van der Waals surface area contributed by atoms with Crippen molar-refractivity contribution in [2.45, 2.75) is 6.42 Å². The number of carbonyl (C=O) groups is 1. The number of thiophene rings is 2. The third-order valence-corrected chi connectivity index (χ3v) is 4.45. The molecular formula is C12H8O2S2. The van der Waals surface area contributed by atoms with Gasteiger partial charge in [-0.25, -0.2) is 0 Å². The van der Waals surface area contributed by atoms with Crippen molar-refractivity contribution >= 4 is 48.8 Å². The quantitative estimate of drug-likeness (QED) is 0.750. The summed E-state index contributed by atoms with van der Waals surface area (Å²) in [5, 5.41) is 13.2. The van der Waals surface area contributed by atoms with Gasteiger partial charge in [0.1, 0.15) is 0 Å². The van der Waals surface area contributed by atoms with E-state index in [4.69, 9.17) is 5.11 Å². The molecule has 2 nitrogen and oxygen atoms in total. The Hall–Kier alpha value is -1.39. The zero-order valence-corrected chi connectivity index (χ0v) is 9.90. The molecule has 0 spiro atoms. The van der Waals surface area contributed by atoms with Gasteiger partial charge in [0.15, 0.2) is 0 Å². The first-order valence-electron chi connectivity index (χ1n) is 4.84. The van der Waals surface area contributed by atoms with E-state index >= 15 is 0 Å². The Morgan fingerprint density at radius 1 is 1.19 bits per heavy atom. The van der Waals surface area contributed by atoms with Gasteiger partial charge in [0.2, 0.25) is 0 Å². The monoisotopic (exact) mass is 248 g/mol. The van der Waals surface area contributed by atoms with E-state index < -0.39 is 5.97 Å². The van der Waals surface area contributed by atoms with Gasteiger partial charge in [-0.15, -0.1) is 22.7 Å². The number of carboxylic acid groups (broad SMARTS) is 1. The van der Waals surface area contributed by atoms with E-state index in [1.807, 2.05) is 6.07 Å².